The molecule has 0 unspecified atom stereocenters. The van der Waals surface area contributed by atoms with E-state index in [9.17, 15) is 9.67 Å². The van der Waals surface area contributed by atoms with Crippen LogP contribution in [-0.2, 0) is 26.6 Å². The number of aromatic hydroxyl groups is 1. The largest absolute Gasteiger partial charge is 0.507 e. The van der Waals surface area contributed by atoms with Gasteiger partial charge in [-0.3, -0.25) is 13.7 Å². The van der Waals surface area contributed by atoms with Crippen LogP contribution in [0.25, 0.3) is 10.1 Å². The van der Waals surface area contributed by atoms with E-state index < -0.39 is 7.75 Å². The van der Waals surface area contributed by atoms with Gasteiger partial charge in [0.15, 0.2) is 0 Å². The quantitative estimate of drug-likeness (QED) is 0.201. The number of benzene rings is 2. The average Bonchev–Trinajstić information content (AvgIpc) is 3.26. The molecule has 0 fully saturated rings. The van der Waals surface area contributed by atoms with Gasteiger partial charge < -0.3 is 5.11 Å². The van der Waals surface area contributed by atoms with Crippen molar-refractivity contribution in [2.75, 3.05) is 17.9 Å². The molecule has 0 aliphatic rings. The van der Waals surface area contributed by atoms with E-state index in [1.165, 1.54) is 0 Å². The molecule has 1 heterocycles. The molecule has 2 aromatic carbocycles. The highest BCUT2D eigenvalue weighted by Gasteiger charge is 2.36. The predicted octanol–water partition coefficient (Wildman–Crippen LogP) is 7.92. The van der Waals surface area contributed by atoms with Crippen LogP contribution in [0.15, 0.2) is 47.8 Å². The molecule has 3 aromatic rings. The third kappa shape index (κ3) is 5.74. The van der Waals surface area contributed by atoms with Gasteiger partial charge >= 0.3 is 7.75 Å². The molecule has 32 heavy (non-hydrogen) atoms. The molecule has 0 aliphatic heterocycles. The molecule has 3 rings (SSSR count). The van der Waals surface area contributed by atoms with Crippen molar-refractivity contribution in [1.82, 2.24) is 0 Å². The maximum atomic E-state index is 14.0. The summed E-state index contributed by atoms with van der Waals surface area (Å²) in [5.41, 5.74) is 2.53. The second kappa shape index (κ2) is 11.9. The van der Waals surface area contributed by atoms with Crippen LogP contribution in [0, 0.1) is 0 Å². The number of anilines is 1. The van der Waals surface area contributed by atoms with Gasteiger partial charge in [-0.1, -0.05) is 56.5 Å². The minimum atomic E-state index is -3.64. The highest BCUT2D eigenvalue weighted by Crippen LogP contribution is 2.57. The number of nitrogens with zero attached hydrogens (tertiary/aromatic N) is 1. The summed E-state index contributed by atoms with van der Waals surface area (Å²) in [6, 6.07) is 13.9. The van der Waals surface area contributed by atoms with Gasteiger partial charge in [-0.05, 0) is 49.8 Å². The van der Waals surface area contributed by atoms with Crippen LogP contribution in [0.5, 0.6) is 5.75 Å². The van der Waals surface area contributed by atoms with Crippen LogP contribution in [-0.4, -0.2) is 18.3 Å². The maximum Gasteiger partial charge on any atom is 0.435 e. The Balaban J connectivity index is 2.14. The number of hydrogen-bond acceptors (Lipinski definition) is 5. The van der Waals surface area contributed by atoms with Gasteiger partial charge in [0.2, 0.25) is 0 Å². The standard InChI is InChI=1S/C25H34NO4PS/c1-4-7-8-12-15-21-23(18-24-22(25(21)27)16-17-32-24)26(19-20-13-10-9-11-14-20)31(28,29-5-2)30-6-3/h9-11,13-14,16-18,27H,4-8,12,15,19H2,1-3H3. The zero-order valence-electron chi connectivity index (χ0n) is 19.3. The van der Waals surface area contributed by atoms with Crippen LogP contribution in [0.2, 0.25) is 0 Å². The Kier molecular flexibility index (Phi) is 9.18. The topological polar surface area (TPSA) is 59.0 Å². The average molecular weight is 476 g/mol. The molecule has 7 heteroatoms. The Bertz CT molecular complexity index is 1030. The van der Waals surface area contributed by atoms with E-state index in [1.807, 2.05) is 61.7 Å². The molecule has 174 valence electrons. The molecule has 0 atom stereocenters. The smallest absolute Gasteiger partial charge is 0.435 e. The van der Waals surface area contributed by atoms with Crippen LogP contribution < -0.4 is 4.67 Å². The molecule has 1 aromatic heterocycles. The van der Waals surface area contributed by atoms with E-state index in [4.69, 9.17) is 9.05 Å². The molecule has 1 N–H and O–H groups in total. The molecular weight excluding hydrogens is 441 g/mol. The van der Waals surface area contributed by atoms with Gasteiger partial charge in [0, 0.05) is 15.6 Å². The SMILES string of the molecule is CCCCCCc1c(N(Cc2ccccc2)P(=O)(OCC)OCC)cc2sccc2c1O. The van der Waals surface area contributed by atoms with Crippen molar-refractivity contribution in [3.63, 3.8) is 0 Å². The summed E-state index contributed by atoms with van der Waals surface area (Å²) >= 11 is 1.56. The fourth-order valence-electron chi connectivity index (χ4n) is 3.89. The van der Waals surface area contributed by atoms with E-state index in [-0.39, 0.29) is 19.0 Å². The van der Waals surface area contributed by atoms with Gasteiger partial charge in [0.25, 0.3) is 0 Å². The highest BCUT2D eigenvalue weighted by atomic mass is 32.1. The summed E-state index contributed by atoms with van der Waals surface area (Å²) < 4.78 is 28.3. The van der Waals surface area contributed by atoms with E-state index in [0.29, 0.717) is 13.0 Å². The lowest BCUT2D eigenvalue weighted by Crippen LogP contribution is -2.24. The second-order valence-electron chi connectivity index (χ2n) is 7.71. The lowest BCUT2D eigenvalue weighted by Gasteiger charge is -2.33. The highest BCUT2D eigenvalue weighted by molar-refractivity contribution is 7.55. The van der Waals surface area contributed by atoms with E-state index in [2.05, 4.69) is 6.92 Å². The summed E-state index contributed by atoms with van der Waals surface area (Å²) in [5.74, 6) is 0.271. The van der Waals surface area contributed by atoms with Crippen molar-refractivity contribution < 1.29 is 18.7 Å². The van der Waals surface area contributed by atoms with Crippen LogP contribution in [0.4, 0.5) is 5.69 Å². The summed E-state index contributed by atoms with van der Waals surface area (Å²) in [7, 11) is -3.64. The Morgan fingerprint density at radius 2 is 1.72 bits per heavy atom. The van der Waals surface area contributed by atoms with Crippen molar-refractivity contribution in [3.8, 4) is 5.75 Å². The minimum Gasteiger partial charge on any atom is -0.507 e. The van der Waals surface area contributed by atoms with Crippen LogP contribution in [0.1, 0.15) is 57.6 Å². The lowest BCUT2D eigenvalue weighted by molar-refractivity contribution is 0.217. The third-order valence-corrected chi connectivity index (χ3v) is 8.41. The molecule has 0 saturated heterocycles. The summed E-state index contributed by atoms with van der Waals surface area (Å²) in [4.78, 5) is 0. The molecule has 5 nitrogen and oxygen atoms in total. The second-order valence-corrected chi connectivity index (χ2v) is 10.6. The first-order valence-corrected chi connectivity index (χ1v) is 13.8. The molecule has 0 radical (unpaired) electrons. The molecule has 0 saturated carbocycles. The number of hydrogen-bond donors (Lipinski definition) is 1. The Morgan fingerprint density at radius 3 is 2.38 bits per heavy atom. The molecule has 0 amide bonds. The minimum absolute atomic E-state index is 0.266. The third-order valence-electron chi connectivity index (χ3n) is 5.43. The van der Waals surface area contributed by atoms with Crippen molar-refractivity contribution in [2.45, 2.75) is 59.4 Å². The summed E-state index contributed by atoms with van der Waals surface area (Å²) in [5, 5.41) is 14.0. The maximum absolute atomic E-state index is 14.0. The number of thiophene rings is 1. The molecule has 0 bridgehead atoms. The number of phenolic OH excluding ortho intramolecular Hbond substituents is 1. The van der Waals surface area contributed by atoms with Gasteiger partial charge in [0.05, 0.1) is 25.4 Å². The fourth-order valence-corrected chi connectivity index (χ4v) is 6.50. The van der Waals surface area contributed by atoms with Crippen LogP contribution >= 0.6 is 19.1 Å². The molecular formula is C25H34NO4PS. The summed E-state index contributed by atoms with van der Waals surface area (Å²) in [6.07, 6.45) is 5.05. The van der Waals surface area contributed by atoms with Gasteiger partial charge in [-0.2, -0.15) is 0 Å². The monoisotopic (exact) mass is 475 g/mol. The number of rotatable bonds is 13. The van der Waals surface area contributed by atoms with E-state index in [1.54, 1.807) is 16.0 Å². The Labute approximate surface area is 195 Å². The van der Waals surface area contributed by atoms with Crippen molar-refractivity contribution in [3.05, 3.63) is 59.0 Å². The van der Waals surface area contributed by atoms with Gasteiger partial charge in [0.1, 0.15) is 5.75 Å². The van der Waals surface area contributed by atoms with Crippen molar-refractivity contribution >= 4 is 34.9 Å². The van der Waals surface area contributed by atoms with E-state index >= 15 is 0 Å². The Hall–Kier alpha value is -1.85. The predicted molar refractivity (Wildman–Crippen MR) is 135 cm³/mol. The number of fused-ring (bicyclic) bond motifs is 1. The first kappa shape index (κ1) is 24.8. The first-order valence-electron chi connectivity index (χ1n) is 11.5. The lowest BCUT2D eigenvalue weighted by atomic mass is 10.0. The zero-order valence-corrected chi connectivity index (χ0v) is 21.0. The van der Waals surface area contributed by atoms with Crippen molar-refractivity contribution in [2.24, 2.45) is 0 Å². The number of unbranched alkanes of at least 4 members (excludes halogenated alkanes) is 3. The van der Waals surface area contributed by atoms with E-state index in [0.717, 1.165) is 52.6 Å². The normalized spacial score (nSPS) is 11.8. The van der Waals surface area contributed by atoms with Crippen molar-refractivity contribution in [1.29, 1.82) is 0 Å². The first-order chi connectivity index (χ1) is 15.5. The van der Waals surface area contributed by atoms with Gasteiger partial charge in [-0.25, -0.2) is 4.57 Å². The summed E-state index contributed by atoms with van der Waals surface area (Å²) in [6.45, 7) is 6.71. The fraction of sp³-hybridized carbons (Fsp3) is 0.440. The van der Waals surface area contributed by atoms with Crippen LogP contribution in [0.3, 0.4) is 0 Å². The van der Waals surface area contributed by atoms with Gasteiger partial charge in [-0.15, -0.1) is 11.3 Å². The zero-order chi connectivity index (χ0) is 23.0. The number of phenols is 1. The Morgan fingerprint density at radius 1 is 1.00 bits per heavy atom. The molecule has 0 spiro atoms. The molecule has 0 aliphatic carbocycles.